The quantitative estimate of drug-likeness (QED) is 0.763. The number of hydrogen-bond acceptors (Lipinski definition) is 6. The molecule has 0 aliphatic carbocycles. The number of piperidine rings is 1. The molecule has 1 fully saturated rings. The van der Waals surface area contributed by atoms with Gasteiger partial charge in [-0.2, -0.15) is 0 Å². The van der Waals surface area contributed by atoms with Crippen LogP contribution >= 0.6 is 11.3 Å². The second-order valence-electron chi connectivity index (χ2n) is 5.94. The van der Waals surface area contributed by atoms with Crippen molar-refractivity contribution in [2.24, 2.45) is 0 Å². The highest BCUT2D eigenvalue weighted by Crippen LogP contribution is 2.23. The van der Waals surface area contributed by atoms with Crippen LogP contribution in [0, 0.1) is 6.92 Å². The van der Waals surface area contributed by atoms with Crippen LogP contribution in [0.25, 0.3) is 10.2 Å². The fourth-order valence-electron chi connectivity index (χ4n) is 3.07. The first-order chi connectivity index (χ1) is 11.7. The number of aromatic nitrogens is 4. The van der Waals surface area contributed by atoms with Gasteiger partial charge in [0.25, 0.3) is 5.91 Å². The summed E-state index contributed by atoms with van der Waals surface area (Å²) >= 11 is 1.58. The van der Waals surface area contributed by atoms with E-state index in [1.54, 1.807) is 16.8 Å². The molecule has 1 amide bonds. The summed E-state index contributed by atoms with van der Waals surface area (Å²) in [6.45, 7) is 3.85. The first-order valence-electron chi connectivity index (χ1n) is 7.99. The molecule has 0 atom stereocenters. The number of fused-ring (bicyclic) bond motifs is 1. The third kappa shape index (κ3) is 2.78. The van der Waals surface area contributed by atoms with E-state index in [2.05, 4.69) is 25.9 Å². The zero-order chi connectivity index (χ0) is 16.5. The Morgan fingerprint density at radius 2 is 2.21 bits per heavy atom. The number of nitrogens with one attached hydrogen (secondary N) is 2. The van der Waals surface area contributed by atoms with Gasteiger partial charge in [0.15, 0.2) is 5.69 Å². The number of anilines is 1. The molecule has 0 bridgehead atoms. The van der Waals surface area contributed by atoms with E-state index in [1.807, 2.05) is 29.8 Å². The Hall–Kier alpha value is -2.32. The van der Waals surface area contributed by atoms with Crippen molar-refractivity contribution in [2.75, 3.05) is 18.4 Å². The first-order valence-corrected chi connectivity index (χ1v) is 8.87. The molecule has 2 aromatic heterocycles. The van der Waals surface area contributed by atoms with Gasteiger partial charge in [-0.3, -0.25) is 4.79 Å². The number of carbonyl (C=O) groups is 1. The topological polar surface area (TPSA) is 84.7 Å². The maximum atomic E-state index is 12.5. The standard InChI is InChI=1S/C16H18N6OS/c1-10-15(20-21-22(10)12-4-6-17-7-5-12)16(23)19-11-2-3-14-13(8-11)18-9-24-14/h2-3,8-9,12,17H,4-7H2,1H3,(H,19,23). The molecule has 24 heavy (non-hydrogen) atoms. The number of thiazole rings is 1. The maximum absolute atomic E-state index is 12.5. The van der Waals surface area contributed by atoms with E-state index in [0.717, 1.165) is 41.8 Å². The fourth-order valence-corrected chi connectivity index (χ4v) is 3.73. The second kappa shape index (κ2) is 6.29. The minimum atomic E-state index is -0.234. The van der Waals surface area contributed by atoms with Crippen LogP contribution in [0.3, 0.4) is 0 Å². The van der Waals surface area contributed by atoms with Gasteiger partial charge in [0, 0.05) is 5.69 Å². The molecule has 0 unspecified atom stereocenters. The Labute approximate surface area is 143 Å². The van der Waals surface area contributed by atoms with Crippen molar-refractivity contribution >= 4 is 33.1 Å². The van der Waals surface area contributed by atoms with E-state index in [4.69, 9.17) is 0 Å². The number of benzene rings is 1. The minimum Gasteiger partial charge on any atom is -0.320 e. The molecule has 3 heterocycles. The van der Waals surface area contributed by atoms with Gasteiger partial charge in [0.2, 0.25) is 0 Å². The van der Waals surface area contributed by atoms with Crippen LogP contribution in [0.1, 0.15) is 35.1 Å². The van der Waals surface area contributed by atoms with Crippen molar-refractivity contribution in [3.05, 3.63) is 35.1 Å². The van der Waals surface area contributed by atoms with Crippen LogP contribution in [-0.2, 0) is 0 Å². The third-order valence-electron chi connectivity index (χ3n) is 4.39. The average Bonchev–Trinajstić information content (AvgIpc) is 3.21. The highest BCUT2D eigenvalue weighted by atomic mass is 32.1. The van der Waals surface area contributed by atoms with Crippen molar-refractivity contribution in [1.29, 1.82) is 0 Å². The first kappa shape index (κ1) is 15.2. The summed E-state index contributed by atoms with van der Waals surface area (Å²) < 4.78 is 2.99. The molecule has 1 saturated heterocycles. The van der Waals surface area contributed by atoms with Gasteiger partial charge >= 0.3 is 0 Å². The summed E-state index contributed by atoms with van der Waals surface area (Å²) in [5.74, 6) is -0.234. The largest absolute Gasteiger partial charge is 0.320 e. The van der Waals surface area contributed by atoms with Crippen molar-refractivity contribution in [1.82, 2.24) is 25.3 Å². The zero-order valence-electron chi connectivity index (χ0n) is 13.3. The molecule has 0 spiro atoms. The van der Waals surface area contributed by atoms with Gasteiger partial charge in [-0.05, 0) is 51.1 Å². The SMILES string of the molecule is Cc1c(C(=O)Nc2ccc3scnc3c2)nnn1C1CCNCC1. The molecule has 7 nitrogen and oxygen atoms in total. The van der Waals surface area contributed by atoms with E-state index in [0.29, 0.717) is 17.4 Å². The summed E-state index contributed by atoms with van der Waals surface area (Å²) in [5.41, 5.74) is 4.59. The van der Waals surface area contributed by atoms with Crippen LogP contribution < -0.4 is 10.6 Å². The van der Waals surface area contributed by atoms with Gasteiger partial charge in [-0.25, -0.2) is 9.67 Å². The maximum Gasteiger partial charge on any atom is 0.278 e. The Balaban J connectivity index is 1.54. The summed E-state index contributed by atoms with van der Waals surface area (Å²) in [4.78, 5) is 16.8. The van der Waals surface area contributed by atoms with Crippen molar-refractivity contribution in [2.45, 2.75) is 25.8 Å². The lowest BCUT2D eigenvalue weighted by atomic mass is 10.1. The van der Waals surface area contributed by atoms with E-state index in [1.165, 1.54) is 0 Å². The lowest BCUT2D eigenvalue weighted by Gasteiger charge is -2.23. The minimum absolute atomic E-state index is 0.234. The summed E-state index contributed by atoms with van der Waals surface area (Å²) in [6, 6.07) is 6.02. The molecule has 1 aliphatic heterocycles. The molecule has 0 saturated carbocycles. The third-order valence-corrected chi connectivity index (χ3v) is 5.20. The summed E-state index contributed by atoms with van der Waals surface area (Å²) in [7, 11) is 0. The summed E-state index contributed by atoms with van der Waals surface area (Å²) in [5, 5.41) is 14.5. The van der Waals surface area contributed by atoms with Crippen LogP contribution in [0.5, 0.6) is 0 Å². The van der Waals surface area contributed by atoms with Crippen LogP contribution in [0.2, 0.25) is 0 Å². The second-order valence-corrected chi connectivity index (χ2v) is 6.82. The predicted molar refractivity (Wildman–Crippen MR) is 93.5 cm³/mol. The Morgan fingerprint density at radius 3 is 3.04 bits per heavy atom. The van der Waals surface area contributed by atoms with Gasteiger partial charge in [0.05, 0.1) is 27.5 Å². The van der Waals surface area contributed by atoms with Gasteiger partial charge in [-0.15, -0.1) is 16.4 Å². The molecule has 1 aromatic carbocycles. The molecule has 124 valence electrons. The molecule has 3 aromatic rings. The average molecular weight is 342 g/mol. The Kier molecular flexibility index (Phi) is 3.99. The zero-order valence-corrected chi connectivity index (χ0v) is 14.1. The van der Waals surface area contributed by atoms with Gasteiger partial charge in [-0.1, -0.05) is 5.21 Å². The molecular weight excluding hydrogens is 324 g/mol. The fraction of sp³-hybridized carbons (Fsp3) is 0.375. The molecule has 2 N–H and O–H groups in total. The highest BCUT2D eigenvalue weighted by Gasteiger charge is 2.23. The Morgan fingerprint density at radius 1 is 1.38 bits per heavy atom. The number of amides is 1. The molecule has 0 radical (unpaired) electrons. The van der Waals surface area contributed by atoms with E-state index >= 15 is 0 Å². The number of rotatable bonds is 3. The van der Waals surface area contributed by atoms with E-state index in [-0.39, 0.29) is 5.91 Å². The van der Waals surface area contributed by atoms with Gasteiger partial charge < -0.3 is 10.6 Å². The monoisotopic (exact) mass is 342 g/mol. The number of carbonyl (C=O) groups excluding carboxylic acids is 1. The lowest BCUT2D eigenvalue weighted by Crippen LogP contribution is -2.30. The smallest absolute Gasteiger partial charge is 0.278 e. The molecule has 4 rings (SSSR count). The molecule has 1 aliphatic rings. The van der Waals surface area contributed by atoms with Crippen molar-refractivity contribution in [3.8, 4) is 0 Å². The predicted octanol–water partition coefficient (Wildman–Crippen LogP) is 2.37. The number of hydrogen-bond donors (Lipinski definition) is 2. The molecule has 8 heteroatoms. The lowest BCUT2D eigenvalue weighted by molar-refractivity contribution is 0.102. The van der Waals surface area contributed by atoms with Crippen molar-refractivity contribution in [3.63, 3.8) is 0 Å². The normalized spacial score (nSPS) is 15.7. The van der Waals surface area contributed by atoms with Gasteiger partial charge in [0.1, 0.15) is 0 Å². The van der Waals surface area contributed by atoms with Crippen molar-refractivity contribution < 1.29 is 4.79 Å². The van der Waals surface area contributed by atoms with Crippen LogP contribution in [-0.4, -0.2) is 39.0 Å². The Bertz CT molecular complexity index is 880. The van der Waals surface area contributed by atoms with E-state index < -0.39 is 0 Å². The molecular formula is C16H18N6OS. The highest BCUT2D eigenvalue weighted by molar-refractivity contribution is 7.16. The van der Waals surface area contributed by atoms with Crippen LogP contribution in [0.4, 0.5) is 5.69 Å². The number of nitrogens with zero attached hydrogens (tertiary/aromatic N) is 4. The summed E-state index contributed by atoms with van der Waals surface area (Å²) in [6.07, 6.45) is 2.01. The van der Waals surface area contributed by atoms with E-state index in [9.17, 15) is 4.79 Å². The van der Waals surface area contributed by atoms with Crippen LogP contribution in [0.15, 0.2) is 23.7 Å².